The Bertz CT molecular complexity index is 502. The van der Waals surface area contributed by atoms with Crippen LogP contribution in [0.15, 0.2) is 24.3 Å². The van der Waals surface area contributed by atoms with Crippen LogP contribution in [0.5, 0.6) is 5.75 Å². The number of likely N-dealkylation sites (tertiary alicyclic amines) is 1. The molecule has 0 atom stereocenters. The number of aliphatic hydroxyl groups excluding tert-OH is 1. The fourth-order valence-corrected chi connectivity index (χ4v) is 2.40. The largest absolute Gasteiger partial charge is 0.507 e. The van der Waals surface area contributed by atoms with E-state index < -0.39 is 0 Å². The standard InChI is InChI=1S/C16H21NO3/c1-12-2-3-14(15(19)10-12)4-5-16(20)17-8-6-13(11-18)7-9-17/h2-5,10,13,18-19H,6-9,11H2,1H3/b5-4+. The fraction of sp³-hybridized carbons (Fsp3) is 0.438. The molecule has 0 saturated carbocycles. The third-order valence-electron chi connectivity index (χ3n) is 3.78. The lowest BCUT2D eigenvalue weighted by atomic mass is 9.98. The highest BCUT2D eigenvalue weighted by Crippen LogP contribution is 2.20. The van der Waals surface area contributed by atoms with Gasteiger partial charge >= 0.3 is 0 Å². The average Bonchev–Trinajstić information content (AvgIpc) is 2.46. The van der Waals surface area contributed by atoms with Crippen LogP contribution in [0, 0.1) is 12.8 Å². The number of aryl methyl sites for hydroxylation is 1. The summed E-state index contributed by atoms with van der Waals surface area (Å²) in [5.41, 5.74) is 1.63. The van der Waals surface area contributed by atoms with Gasteiger partial charge in [-0.05, 0) is 43.4 Å². The zero-order valence-electron chi connectivity index (χ0n) is 11.7. The van der Waals surface area contributed by atoms with Gasteiger partial charge in [-0.25, -0.2) is 0 Å². The molecule has 0 spiro atoms. The summed E-state index contributed by atoms with van der Waals surface area (Å²) in [5, 5.41) is 18.9. The van der Waals surface area contributed by atoms with E-state index in [1.54, 1.807) is 23.1 Å². The second-order valence-corrected chi connectivity index (χ2v) is 5.35. The number of nitrogens with zero attached hydrogens (tertiary/aromatic N) is 1. The van der Waals surface area contributed by atoms with Gasteiger partial charge in [-0.2, -0.15) is 0 Å². The minimum atomic E-state index is -0.0404. The SMILES string of the molecule is Cc1ccc(/C=C/C(=O)N2CCC(CO)CC2)c(O)c1. The predicted octanol–water partition coefficient (Wildman–Crippen LogP) is 1.94. The number of hydrogen-bond acceptors (Lipinski definition) is 3. The summed E-state index contributed by atoms with van der Waals surface area (Å²) >= 11 is 0. The zero-order chi connectivity index (χ0) is 14.5. The first-order chi connectivity index (χ1) is 9.60. The van der Waals surface area contributed by atoms with Crippen LogP contribution in [0.4, 0.5) is 0 Å². The van der Waals surface area contributed by atoms with Crippen LogP contribution in [0.2, 0.25) is 0 Å². The lowest BCUT2D eigenvalue weighted by molar-refractivity contribution is -0.127. The van der Waals surface area contributed by atoms with Crippen molar-refractivity contribution in [2.24, 2.45) is 5.92 Å². The summed E-state index contributed by atoms with van der Waals surface area (Å²) < 4.78 is 0. The number of aliphatic hydroxyl groups is 1. The quantitative estimate of drug-likeness (QED) is 0.829. The Kier molecular flexibility index (Phi) is 4.79. The molecule has 4 heteroatoms. The van der Waals surface area contributed by atoms with E-state index in [9.17, 15) is 9.90 Å². The number of aromatic hydroxyl groups is 1. The smallest absolute Gasteiger partial charge is 0.246 e. The summed E-state index contributed by atoms with van der Waals surface area (Å²) in [6.45, 7) is 3.49. The van der Waals surface area contributed by atoms with Crippen LogP contribution in [-0.4, -0.2) is 40.7 Å². The maximum atomic E-state index is 12.0. The van der Waals surface area contributed by atoms with Crippen LogP contribution >= 0.6 is 0 Å². The first kappa shape index (κ1) is 14.6. The molecule has 0 radical (unpaired) electrons. The number of piperidine rings is 1. The number of phenolic OH excluding ortho intramolecular Hbond substituents is 1. The second kappa shape index (κ2) is 6.57. The molecule has 108 valence electrons. The first-order valence-corrected chi connectivity index (χ1v) is 6.97. The number of rotatable bonds is 3. The Labute approximate surface area is 119 Å². The lowest BCUT2D eigenvalue weighted by Gasteiger charge is -2.30. The Morgan fingerprint density at radius 2 is 2.10 bits per heavy atom. The molecule has 4 nitrogen and oxygen atoms in total. The van der Waals surface area contributed by atoms with E-state index in [4.69, 9.17) is 5.11 Å². The Hall–Kier alpha value is -1.81. The normalized spacial score (nSPS) is 16.8. The van der Waals surface area contributed by atoms with Gasteiger partial charge in [-0.3, -0.25) is 4.79 Å². The monoisotopic (exact) mass is 275 g/mol. The van der Waals surface area contributed by atoms with Crippen LogP contribution in [0.3, 0.4) is 0 Å². The summed E-state index contributed by atoms with van der Waals surface area (Å²) in [4.78, 5) is 13.8. The molecule has 2 rings (SSSR count). The van der Waals surface area contributed by atoms with Crippen molar-refractivity contribution in [1.29, 1.82) is 0 Å². The highest BCUT2D eigenvalue weighted by molar-refractivity contribution is 5.92. The second-order valence-electron chi connectivity index (χ2n) is 5.35. The van der Waals surface area contributed by atoms with Crippen LogP contribution in [0.1, 0.15) is 24.0 Å². The van der Waals surface area contributed by atoms with E-state index in [0.29, 0.717) is 24.6 Å². The molecule has 2 N–H and O–H groups in total. The summed E-state index contributed by atoms with van der Waals surface area (Å²) in [7, 11) is 0. The maximum Gasteiger partial charge on any atom is 0.246 e. The van der Waals surface area contributed by atoms with E-state index in [1.165, 1.54) is 6.08 Å². The minimum Gasteiger partial charge on any atom is -0.507 e. The number of amides is 1. The van der Waals surface area contributed by atoms with E-state index in [1.807, 2.05) is 13.0 Å². The van der Waals surface area contributed by atoms with Crippen molar-refractivity contribution >= 4 is 12.0 Å². The molecule has 1 aliphatic heterocycles. The van der Waals surface area contributed by atoms with Crippen molar-refractivity contribution < 1.29 is 15.0 Å². The van der Waals surface area contributed by atoms with Gasteiger partial charge in [-0.15, -0.1) is 0 Å². The van der Waals surface area contributed by atoms with Gasteiger partial charge in [0.15, 0.2) is 0 Å². The maximum absolute atomic E-state index is 12.0. The number of carbonyl (C=O) groups excluding carboxylic acids is 1. The first-order valence-electron chi connectivity index (χ1n) is 6.97. The summed E-state index contributed by atoms with van der Waals surface area (Å²) in [6.07, 6.45) is 4.86. The van der Waals surface area contributed by atoms with Crippen molar-refractivity contribution in [3.8, 4) is 5.75 Å². The topological polar surface area (TPSA) is 60.8 Å². The van der Waals surface area contributed by atoms with Crippen molar-refractivity contribution in [2.75, 3.05) is 19.7 Å². The Morgan fingerprint density at radius 1 is 1.40 bits per heavy atom. The molecule has 0 aliphatic carbocycles. The number of hydrogen-bond donors (Lipinski definition) is 2. The molecular weight excluding hydrogens is 254 g/mol. The van der Waals surface area contributed by atoms with Crippen molar-refractivity contribution in [1.82, 2.24) is 4.90 Å². The van der Waals surface area contributed by atoms with Crippen LogP contribution < -0.4 is 0 Å². The minimum absolute atomic E-state index is 0.0404. The molecule has 1 saturated heterocycles. The molecule has 1 aromatic rings. The number of phenols is 1. The molecule has 0 unspecified atom stereocenters. The average molecular weight is 275 g/mol. The highest BCUT2D eigenvalue weighted by atomic mass is 16.3. The van der Waals surface area contributed by atoms with Crippen molar-refractivity contribution in [3.05, 3.63) is 35.4 Å². The fourth-order valence-electron chi connectivity index (χ4n) is 2.40. The van der Waals surface area contributed by atoms with Gasteiger partial charge in [0.2, 0.25) is 5.91 Å². The van der Waals surface area contributed by atoms with E-state index >= 15 is 0 Å². The molecule has 1 heterocycles. The third kappa shape index (κ3) is 3.61. The van der Waals surface area contributed by atoms with Gasteiger partial charge in [0, 0.05) is 31.3 Å². The van der Waals surface area contributed by atoms with Gasteiger partial charge in [0.1, 0.15) is 5.75 Å². The van der Waals surface area contributed by atoms with E-state index in [2.05, 4.69) is 0 Å². The Morgan fingerprint density at radius 3 is 2.70 bits per heavy atom. The van der Waals surface area contributed by atoms with E-state index in [0.717, 1.165) is 18.4 Å². The molecule has 20 heavy (non-hydrogen) atoms. The predicted molar refractivity (Wildman–Crippen MR) is 78.3 cm³/mol. The van der Waals surface area contributed by atoms with Gasteiger partial charge < -0.3 is 15.1 Å². The molecule has 1 aromatic carbocycles. The summed E-state index contributed by atoms with van der Waals surface area (Å²) in [5.74, 6) is 0.471. The lowest BCUT2D eigenvalue weighted by Crippen LogP contribution is -2.38. The molecule has 1 fully saturated rings. The van der Waals surface area contributed by atoms with E-state index in [-0.39, 0.29) is 18.3 Å². The number of carbonyl (C=O) groups is 1. The molecular formula is C16H21NO3. The molecule has 0 aromatic heterocycles. The molecule has 1 aliphatic rings. The van der Waals surface area contributed by atoms with Crippen molar-refractivity contribution in [3.63, 3.8) is 0 Å². The Balaban J connectivity index is 1.96. The van der Waals surface area contributed by atoms with Crippen molar-refractivity contribution in [2.45, 2.75) is 19.8 Å². The summed E-state index contributed by atoms with van der Waals surface area (Å²) in [6, 6.07) is 5.37. The molecule has 0 bridgehead atoms. The third-order valence-corrected chi connectivity index (χ3v) is 3.78. The van der Waals surface area contributed by atoms with Gasteiger partial charge in [0.05, 0.1) is 0 Å². The highest BCUT2D eigenvalue weighted by Gasteiger charge is 2.20. The van der Waals surface area contributed by atoms with Crippen LogP contribution in [-0.2, 0) is 4.79 Å². The van der Waals surface area contributed by atoms with Crippen LogP contribution in [0.25, 0.3) is 6.08 Å². The molecule has 1 amide bonds. The number of benzene rings is 1. The van der Waals surface area contributed by atoms with Gasteiger partial charge in [-0.1, -0.05) is 12.1 Å². The van der Waals surface area contributed by atoms with Gasteiger partial charge in [0.25, 0.3) is 0 Å². The zero-order valence-corrected chi connectivity index (χ0v) is 11.7.